The Labute approximate surface area is 112 Å². The van der Waals surface area contributed by atoms with Gasteiger partial charge in [-0.05, 0) is 31.9 Å². The lowest BCUT2D eigenvalue weighted by molar-refractivity contribution is 0.125. The first kappa shape index (κ1) is 13.9. The van der Waals surface area contributed by atoms with E-state index < -0.39 is 0 Å². The maximum atomic E-state index is 4.29. The van der Waals surface area contributed by atoms with Crippen LogP contribution in [0.25, 0.3) is 0 Å². The third-order valence-electron chi connectivity index (χ3n) is 3.35. The zero-order valence-corrected chi connectivity index (χ0v) is 12.2. The van der Waals surface area contributed by atoms with Crippen LogP contribution in [0.4, 0.5) is 0 Å². The average Bonchev–Trinajstić information content (AvgIpc) is 2.42. The fourth-order valence-corrected chi connectivity index (χ4v) is 2.77. The van der Waals surface area contributed by atoms with E-state index >= 15 is 0 Å². The van der Waals surface area contributed by atoms with Crippen LogP contribution in [0.3, 0.4) is 0 Å². The lowest BCUT2D eigenvalue weighted by Gasteiger charge is -2.34. The van der Waals surface area contributed by atoms with E-state index in [4.69, 9.17) is 0 Å². The quantitative estimate of drug-likeness (QED) is 0.574. The van der Waals surface area contributed by atoms with Crippen LogP contribution in [0.1, 0.15) is 12.2 Å². The first-order valence-corrected chi connectivity index (χ1v) is 8.44. The molecule has 100 valence electrons. The van der Waals surface area contributed by atoms with Crippen molar-refractivity contribution in [3.8, 4) is 0 Å². The SMILES string of the molecule is CPCCCN1CCN(Cc2ncccn2)CC1. The van der Waals surface area contributed by atoms with Crippen molar-refractivity contribution >= 4 is 8.58 Å². The summed E-state index contributed by atoms with van der Waals surface area (Å²) in [6.45, 7) is 9.14. The first-order chi connectivity index (χ1) is 8.88. The van der Waals surface area contributed by atoms with Crippen molar-refractivity contribution in [2.45, 2.75) is 13.0 Å². The van der Waals surface area contributed by atoms with Gasteiger partial charge in [0.25, 0.3) is 0 Å². The highest BCUT2D eigenvalue weighted by Gasteiger charge is 2.16. The zero-order chi connectivity index (χ0) is 12.6. The van der Waals surface area contributed by atoms with E-state index in [1.807, 2.05) is 18.5 Å². The maximum Gasteiger partial charge on any atom is 0.142 e. The van der Waals surface area contributed by atoms with Crippen molar-refractivity contribution in [1.29, 1.82) is 0 Å². The topological polar surface area (TPSA) is 32.3 Å². The van der Waals surface area contributed by atoms with E-state index in [0.717, 1.165) is 34.0 Å². The van der Waals surface area contributed by atoms with Crippen molar-refractivity contribution in [2.75, 3.05) is 45.6 Å². The van der Waals surface area contributed by atoms with Gasteiger partial charge in [0.1, 0.15) is 5.82 Å². The van der Waals surface area contributed by atoms with Crippen LogP contribution in [0, 0.1) is 0 Å². The fourth-order valence-electron chi connectivity index (χ4n) is 2.26. The van der Waals surface area contributed by atoms with Gasteiger partial charge in [0.2, 0.25) is 0 Å². The lowest BCUT2D eigenvalue weighted by atomic mass is 10.3. The summed E-state index contributed by atoms with van der Waals surface area (Å²) >= 11 is 0. The first-order valence-electron chi connectivity index (χ1n) is 6.73. The largest absolute Gasteiger partial charge is 0.301 e. The molecule has 0 spiro atoms. The number of hydrogen-bond donors (Lipinski definition) is 0. The molecule has 0 saturated carbocycles. The van der Waals surface area contributed by atoms with E-state index in [2.05, 4.69) is 26.4 Å². The van der Waals surface area contributed by atoms with Crippen LogP contribution in [0.15, 0.2) is 18.5 Å². The molecule has 2 heterocycles. The molecule has 2 rings (SSSR count). The van der Waals surface area contributed by atoms with Gasteiger partial charge in [-0.1, -0.05) is 0 Å². The second kappa shape index (κ2) is 7.78. The molecular weight excluding hydrogens is 243 g/mol. The molecule has 0 amide bonds. The monoisotopic (exact) mass is 266 g/mol. The van der Waals surface area contributed by atoms with Gasteiger partial charge in [0, 0.05) is 38.6 Å². The van der Waals surface area contributed by atoms with Crippen molar-refractivity contribution in [3.63, 3.8) is 0 Å². The molecule has 0 aromatic carbocycles. The maximum absolute atomic E-state index is 4.29. The molecule has 0 N–H and O–H groups in total. The minimum Gasteiger partial charge on any atom is -0.301 e. The Morgan fingerprint density at radius 3 is 2.44 bits per heavy atom. The smallest absolute Gasteiger partial charge is 0.142 e. The van der Waals surface area contributed by atoms with Gasteiger partial charge in [0.05, 0.1) is 6.54 Å². The fraction of sp³-hybridized carbons (Fsp3) is 0.692. The van der Waals surface area contributed by atoms with Crippen molar-refractivity contribution < 1.29 is 0 Å². The van der Waals surface area contributed by atoms with E-state index in [0.29, 0.717) is 0 Å². The van der Waals surface area contributed by atoms with Gasteiger partial charge in [-0.25, -0.2) is 9.97 Å². The Morgan fingerprint density at radius 2 is 1.78 bits per heavy atom. The minimum absolute atomic E-state index is 0.894. The third kappa shape index (κ3) is 4.60. The molecule has 1 saturated heterocycles. The molecule has 1 aliphatic rings. The summed E-state index contributed by atoms with van der Waals surface area (Å²) in [7, 11) is 1.10. The summed E-state index contributed by atoms with van der Waals surface area (Å²) in [5.74, 6) is 0.943. The van der Waals surface area contributed by atoms with E-state index in [-0.39, 0.29) is 0 Å². The van der Waals surface area contributed by atoms with Gasteiger partial charge < -0.3 is 4.90 Å². The van der Waals surface area contributed by atoms with Crippen molar-refractivity contribution in [3.05, 3.63) is 24.3 Å². The van der Waals surface area contributed by atoms with Gasteiger partial charge in [0.15, 0.2) is 0 Å². The average molecular weight is 266 g/mol. The molecule has 1 aromatic rings. The molecule has 0 bridgehead atoms. The molecule has 0 radical (unpaired) electrons. The molecule has 1 atom stereocenters. The summed E-state index contributed by atoms with van der Waals surface area (Å²) in [4.78, 5) is 13.6. The summed E-state index contributed by atoms with van der Waals surface area (Å²) in [6.07, 6.45) is 6.39. The highest BCUT2D eigenvalue weighted by Crippen LogP contribution is 2.08. The molecule has 0 aliphatic carbocycles. The third-order valence-corrected chi connectivity index (χ3v) is 4.20. The summed E-state index contributed by atoms with van der Waals surface area (Å²) in [6, 6.07) is 1.87. The number of nitrogens with zero attached hydrogens (tertiary/aromatic N) is 4. The lowest BCUT2D eigenvalue weighted by Crippen LogP contribution is -2.46. The number of hydrogen-bond acceptors (Lipinski definition) is 4. The van der Waals surface area contributed by atoms with Crippen LogP contribution in [0.2, 0.25) is 0 Å². The number of rotatable bonds is 6. The molecule has 1 aliphatic heterocycles. The standard InChI is InChI=1S/C13H23N4P/c1-18-11-3-6-16-7-9-17(10-8-16)12-13-14-4-2-5-15-13/h2,4-5,18H,3,6-12H2,1H3. The van der Waals surface area contributed by atoms with Gasteiger partial charge in [-0.2, -0.15) is 0 Å². The summed E-state index contributed by atoms with van der Waals surface area (Å²) in [5, 5.41) is 0. The molecular formula is C13H23N4P. The van der Waals surface area contributed by atoms with Crippen LogP contribution in [-0.2, 0) is 6.54 Å². The number of aromatic nitrogens is 2. The van der Waals surface area contributed by atoms with Crippen LogP contribution in [-0.4, -0.2) is 65.3 Å². The molecule has 5 heteroatoms. The van der Waals surface area contributed by atoms with Crippen molar-refractivity contribution in [1.82, 2.24) is 19.8 Å². The van der Waals surface area contributed by atoms with E-state index in [1.54, 1.807) is 0 Å². The zero-order valence-electron chi connectivity index (χ0n) is 11.2. The molecule has 18 heavy (non-hydrogen) atoms. The van der Waals surface area contributed by atoms with Gasteiger partial charge in [-0.15, -0.1) is 8.58 Å². The molecule has 1 unspecified atom stereocenters. The predicted molar refractivity (Wildman–Crippen MR) is 77.5 cm³/mol. The predicted octanol–water partition coefficient (Wildman–Crippen LogP) is 1.29. The van der Waals surface area contributed by atoms with Gasteiger partial charge >= 0.3 is 0 Å². The minimum atomic E-state index is 0.894. The molecule has 1 aromatic heterocycles. The highest BCUT2D eigenvalue weighted by atomic mass is 31.1. The second-order valence-corrected chi connectivity index (χ2v) is 5.95. The molecule has 4 nitrogen and oxygen atoms in total. The Bertz CT molecular complexity index is 325. The van der Waals surface area contributed by atoms with Crippen LogP contribution in [0.5, 0.6) is 0 Å². The Kier molecular flexibility index (Phi) is 5.98. The Morgan fingerprint density at radius 1 is 1.11 bits per heavy atom. The molecule has 1 fully saturated rings. The van der Waals surface area contributed by atoms with E-state index in [9.17, 15) is 0 Å². The Balaban J connectivity index is 1.67. The van der Waals surface area contributed by atoms with Crippen LogP contribution < -0.4 is 0 Å². The van der Waals surface area contributed by atoms with Crippen LogP contribution >= 0.6 is 8.58 Å². The van der Waals surface area contributed by atoms with Gasteiger partial charge in [-0.3, -0.25) is 4.90 Å². The second-order valence-electron chi connectivity index (χ2n) is 4.74. The summed E-state index contributed by atoms with van der Waals surface area (Å²) in [5.41, 5.74) is 0. The van der Waals surface area contributed by atoms with E-state index in [1.165, 1.54) is 32.2 Å². The normalized spacial score (nSPS) is 18.7. The summed E-state index contributed by atoms with van der Waals surface area (Å²) < 4.78 is 0. The highest BCUT2D eigenvalue weighted by molar-refractivity contribution is 7.36. The van der Waals surface area contributed by atoms with Crippen molar-refractivity contribution in [2.24, 2.45) is 0 Å². The number of piperazine rings is 1. The Hall–Kier alpha value is -0.570.